The molecule has 3 saturated heterocycles. The van der Waals surface area contributed by atoms with Gasteiger partial charge in [0.1, 0.15) is 13.5 Å². The molecule has 39 heavy (non-hydrogen) atoms. The van der Waals surface area contributed by atoms with Crippen LogP contribution in [-0.4, -0.2) is 81.6 Å². The highest BCUT2D eigenvalue weighted by atomic mass is 16.6. The monoisotopic (exact) mass is 530 g/mol. The van der Waals surface area contributed by atoms with Crippen molar-refractivity contribution < 1.29 is 33.4 Å². The van der Waals surface area contributed by atoms with Crippen LogP contribution in [-0.2, 0) is 36.9 Å². The fraction of sp³-hybridized carbons (Fsp3) is 0.357. The average Bonchev–Trinajstić information content (AvgIpc) is 3.22. The molecule has 11 heteroatoms. The predicted molar refractivity (Wildman–Crippen MR) is 134 cm³/mol. The number of hydrogen-bond acceptors (Lipinski definition) is 7. The number of nitrogens with zero attached hydrogens (tertiary/aromatic N) is 4. The normalized spacial score (nSPS) is 24.5. The molecule has 0 radical (unpaired) electrons. The largest absolute Gasteiger partial charge is 0.463 e. The summed E-state index contributed by atoms with van der Waals surface area (Å²) in [5.74, 6) is 4.53. The van der Waals surface area contributed by atoms with Gasteiger partial charge in [0.25, 0.3) is 11.3 Å². The lowest BCUT2D eigenvalue weighted by atomic mass is 9.90. The molecular formula is C28H26N4O7. The Morgan fingerprint density at radius 2 is 1.38 bits per heavy atom. The maximum atomic E-state index is 14.1. The van der Waals surface area contributed by atoms with Gasteiger partial charge in [0.2, 0.25) is 0 Å². The minimum atomic E-state index is -2.14. The Balaban J connectivity index is 1.59. The molecule has 0 aliphatic carbocycles. The number of amides is 4. The van der Waals surface area contributed by atoms with Crippen LogP contribution >= 0.6 is 0 Å². The van der Waals surface area contributed by atoms with Gasteiger partial charge in [-0.3, -0.25) is 19.6 Å². The molecule has 4 heterocycles. The summed E-state index contributed by atoms with van der Waals surface area (Å²) in [7, 11) is 0. The van der Waals surface area contributed by atoms with Gasteiger partial charge in [-0.05, 0) is 43.2 Å². The molecule has 0 unspecified atom stereocenters. The molecule has 11 nitrogen and oxygen atoms in total. The fourth-order valence-corrected chi connectivity index (χ4v) is 6.04. The molecule has 0 aromatic heterocycles. The fourth-order valence-electron chi connectivity index (χ4n) is 6.04. The van der Waals surface area contributed by atoms with Gasteiger partial charge in [-0.2, -0.15) is 0 Å². The standard InChI is InChI=1S/C28H26N4O7/c1-3-38-23(33)27-28(24(34)39-4-2)31-17-37-18-32(28)26(36)30(27)16-22-20(14-13-19-9-6-5-7-10-19)11-8-12-21(22)15-29(27)25(31)35/h5-12H,3-4,15-18H2,1-2H3/t27-,28+/m0/s1. The van der Waals surface area contributed by atoms with Crippen LogP contribution in [0.3, 0.4) is 0 Å². The topological polar surface area (TPSA) is 109 Å². The van der Waals surface area contributed by atoms with Gasteiger partial charge >= 0.3 is 24.0 Å². The van der Waals surface area contributed by atoms with Crippen LogP contribution < -0.4 is 0 Å². The lowest BCUT2D eigenvalue weighted by Gasteiger charge is -2.46. The van der Waals surface area contributed by atoms with E-state index in [-0.39, 0.29) is 39.8 Å². The van der Waals surface area contributed by atoms with Crippen molar-refractivity contribution in [3.8, 4) is 11.8 Å². The van der Waals surface area contributed by atoms with Gasteiger partial charge in [-0.25, -0.2) is 19.2 Å². The summed E-state index contributed by atoms with van der Waals surface area (Å²) in [6.45, 7) is 2.42. The number of carbonyl (C=O) groups excluding carboxylic acids is 4. The molecule has 0 bridgehead atoms. The Hall–Kier alpha value is -4.56. The second-order valence-corrected chi connectivity index (χ2v) is 9.40. The molecule has 4 amide bonds. The van der Waals surface area contributed by atoms with Crippen molar-refractivity contribution in [1.29, 1.82) is 0 Å². The maximum absolute atomic E-state index is 14.1. The first-order chi connectivity index (χ1) is 18.9. The van der Waals surface area contributed by atoms with Crippen LogP contribution in [0.2, 0.25) is 0 Å². The van der Waals surface area contributed by atoms with Crippen molar-refractivity contribution >= 4 is 24.0 Å². The maximum Gasteiger partial charge on any atom is 0.359 e. The molecule has 0 spiro atoms. The van der Waals surface area contributed by atoms with Crippen LogP contribution in [0, 0.1) is 11.8 Å². The molecule has 0 saturated carbocycles. The quantitative estimate of drug-likeness (QED) is 0.440. The van der Waals surface area contributed by atoms with Gasteiger partial charge in [-0.1, -0.05) is 42.2 Å². The van der Waals surface area contributed by atoms with Crippen molar-refractivity contribution in [3.63, 3.8) is 0 Å². The molecule has 2 aromatic carbocycles. The zero-order chi connectivity index (χ0) is 27.4. The second kappa shape index (κ2) is 9.03. The Labute approximate surface area is 224 Å². The SMILES string of the molecule is CCOC(=O)[C@@]12N3COCN1C(=O)N1Cc4c(C#Cc5ccccc5)cccc4CN(C3=O)[C@@]12C(=O)OCC. The lowest BCUT2D eigenvalue weighted by molar-refractivity contribution is -0.212. The number of fused-ring (bicyclic) bond motifs is 1. The van der Waals surface area contributed by atoms with E-state index < -0.39 is 35.3 Å². The van der Waals surface area contributed by atoms with E-state index in [9.17, 15) is 19.2 Å². The van der Waals surface area contributed by atoms with E-state index in [2.05, 4.69) is 11.8 Å². The number of hydrogen-bond donors (Lipinski definition) is 0. The van der Waals surface area contributed by atoms with Crippen molar-refractivity contribution in [2.45, 2.75) is 38.3 Å². The Bertz CT molecular complexity index is 1450. The zero-order valence-corrected chi connectivity index (χ0v) is 21.5. The van der Waals surface area contributed by atoms with Gasteiger partial charge in [-0.15, -0.1) is 0 Å². The molecule has 2 aromatic rings. The molecule has 4 aliphatic rings. The van der Waals surface area contributed by atoms with E-state index in [1.807, 2.05) is 48.5 Å². The third kappa shape index (κ3) is 3.09. The highest BCUT2D eigenvalue weighted by Crippen LogP contribution is 2.56. The highest BCUT2D eigenvalue weighted by molar-refractivity contribution is 6.09. The smallest absolute Gasteiger partial charge is 0.359 e. The van der Waals surface area contributed by atoms with E-state index in [0.717, 1.165) is 15.4 Å². The predicted octanol–water partition coefficient (Wildman–Crippen LogP) is 2.04. The Morgan fingerprint density at radius 1 is 0.795 bits per heavy atom. The minimum absolute atomic E-state index is 0.0240. The molecule has 4 aliphatic heterocycles. The molecule has 2 atom stereocenters. The molecule has 3 fully saturated rings. The summed E-state index contributed by atoms with van der Waals surface area (Å²) in [5, 5.41) is 0. The van der Waals surface area contributed by atoms with Crippen LogP contribution in [0.15, 0.2) is 48.5 Å². The summed E-state index contributed by atoms with van der Waals surface area (Å²) in [4.78, 5) is 60.7. The van der Waals surface area contributed by atoms with Crippen LogP contribution in [0.4, 0.5) is 9.59 Å². The second-order valence-electron chi connectivity index (χ2n) is 9.40. The number of ether oxygens (including phenoxy) is 3. The van der Waals surface area contributed by atoms with Gasteiger partial charge < -0.3 is 14.2 Å². The first-order valence-corrected chi connectivity index (χ1v) is 12.7. The summed E-state index contributed by atoms with van der Waals surface area (Å²) in [6.07, 6.45) is 0. The zero-order valence-electron chi connectivity index (χ0n) is 21.5. The number of carbonyl (C=O) groups is 4. The van der Waals surface area contributed by atoms with Gasteiger partial charge in [0, 0.05) is 11.1 Å². The third-order valence-electron chi connectivity index (χ3n) is 7.57. The summed E-state index contributed by atoms with van der Waals surface area (Å²) < 4.78 is 16.5. The summed E-state index contributed by atoms with van der Waals surface area (Å²) >= 11 is 0. The van der Waals surface area contributed by atoms with E-state index in [1.54, 1.807) is 13.8 Å². The van der Waals surface area contributed by atoms with Gasteiger partial charge in [0.15, 0.2) is 0 Å². The highest BCUT2D eigenvalue weighted by Gasteiger charge is 2.88. The molecule has 0 N–H and O–H groups in total. The molecule has 6 rings (SSSR count). The average molecular weight is 531 g/mol. The number of urea groups is 2. The first kappa shape index (κ1) is 24.8. The summed E-state index contributed by atoms with van der Waals surface area (Å²) in [6, 6.07) is 13.6. The van der Waals surface area contributed by atoms with Crippen molar-refractivity contribution in [2.75, 3.05) is 26.7 Å². The number of rotatable bonds is 4. The molecule has 200 valence electrons. The Morgan fingerprint density at radius 3 is 2.00 bits per heavy atom. The first-order valence-electron chi connectivity index (χ1n) is 12.7. The van der Waals surface area contributed by atoms with Crippen LogP contribution in [0.5, 0.6) is 0 Å². The van der Waals surface area contributed by atoms with E-state index in [0.29, 0.717) is 16.7 Å². The van der Waals surface area contributed by atoms with Crippen molar-refractivity contribution in [1.82, 2.24) is 19.6 Å². The third-order valence-corrected chi connectivity index (χ3v) is 7.57. The number of benzene rings is 2. The van der Waals surface area contributed by atoms with Crippen molar-refractivity contribution in [3.05, 3.63) is 70.8 Å². The molecular weight excluding hydrogens is 504 g/mol. The lowest BCUT2D eigenvalue weighted by Crippen LogP contribution is -2.77. The Kier molecular flexibility index (Phi) is 5.73. The van der Waals surface area contributed by atoms with Crippen LogP contribution in [0.25, 0.3) is 0 Å². The van der Waals surface area contributed by atoms with E-state index >= 15 is 0 Å². The van der Waals surface area contributed by atoms with Crippen LogP contribution in [0.1, 0.15) is 36.1 Å². The van der Waals surface area contributed by atoms with Crippen molar-refractivity contribution in [2.24, 2.45) is 0 Å². The summed E-state index contributed by atoms with van der Waals surface area (Å²) in [5.41, 5.74) is -1.45. The van der Waals surface area contributed by atoms with Gasteiger partial charge in [0.05, 0.1) is 26.3 Å². The van der Waals surface area contributed by atoms with E-state index in [1.165, 1.54) is 9.80 Å². The van der Waals surface area contributed by atoms with E-state index in [4.69, 9.17) is 14.2 Å². The minimum Gasteiger partial charge on any atom is -0.463 e. The number of esters is 2.